The van der Waals surface area contributed by atoms with Gasteiger partial charge in [0.25, 0.3) is 5.89 Å². The van der Waals surface area contributed by atoms with Crippen molar-refractivity contribution < 1.29 is 9.63 Å². The van der Waals surface area contributed by atoms with Crippen molar-refractivity contribution in [3.05, 3.63) is 59.4 Å². The third-order valence-electron chi connectivity index (χ3n) is 3.89. The maximum atomic E-state index is 9.65. The number of anilines is 1. The van der Waals surface area contributed by atoms with E-state index in [2.05, 4.69) is 22.3 Å². The van der Waals surface area contributed by atoms with Crippen LogP contribution in [-0.2, 0) is 6.42 Å². The Balaban J connectivity index is 1.66. The summed E-state index contributed by atoms with van der Waals surface area (Å²) in [5.74, 6) is 1.28. The molecule has 0 saturated carbocycles. The van der Waals surface area contributed by atoms with Crippen molar-refractivity contribution in [1.82, 2.24) is 10.1 Å². The van der Waals surface area contributed by atoms with E-state index in [1.165, 1.54) is 17.2 Å². The number of benzene rings is 2. The molecule has 1 atom stereocenters. The molecule has 5 heteroatoms. The Hall–Kier alpha value is -2.82. The number of fused-ring (bicyclic) bond motifs is 1. The lowest BCUT2D eigenvalue weighted by molar-refractivity contribution is 0.415. The van der Waals surface area contributed by atoms with Crippen molar-refractivity contribution in [1.29, 1.82) is 0 Å². The van der Waals surface area contributed by atoms with Crippen LogP contribution < -0.4 is 5.73 Å². The van der Waals surface area contributed by atoms with Crippen LogP contribution in [0.5, 0.6) is 5.75 Å². The molecule has 0 amide bonds. The van der Waals surface area contributed by atoms with Crippen LogP contribution >= 0.6 is 0 Å². The normalized spacial score (nSPS) is 16.3. The Morgan fingerprint density at radius 2 is 2.05 bits per heavy atom. The fraction of sp³-hybridized carbons (Fsp3) is 0.125. The highest BCUT2D eigenvalue weighted by Gasteiger charge is 2.31. The molecule has 0 fully saturated rings. The molecule has 3 N–H and O–H groups in total. The minimum absolute atomic E-state index is 0.0150. The average molecular weight is 279 g/mol. The molecule has 1 aliphatic rings. The van der Waals surface area contributed by atoms with Crippen LogP contribution in [0.15, 0.2) is 47.0 Å². The summed E-state index contributed by atoms with van der Waals surface area (Å²) in [6, 6.07) is 13.2. The molecule has 0 radical (unpaired) electrons. The van der Waals surface area contributed by atoms with Gasteiger partial charge in [0.2, 0.25) is 0 Å². The Bertz CT molecular complexity index is 826. The smallest absolute Gasteiger partial charge is 0.258 e. The van der Waals surface area contributed by atoms with Crippen molar-refractivity contribution >= 4 is 5.69 Å². The first-order valence-electron chi connectivity index (χ1n) is 6.72. The Morgan fingerprint density at radius 3 is 2.86 bits per heavy atom. The van der Waals surface area contributed by atoms with Crippen LogP contribution in [0.1, 0.15) is 22.9 Å². The van der Waals surface area contributed by atoms with Gasteiger partial charge in [0, 0.05) is 5.56 Å². The van der Waals surface area contributed by atoms with Crippen LogP contribution in [0.4, 0.5) is 5.69 Å². The van der Waals surface area contributed by atoms with Crippen LogP contribution in [0.2, 0.25) is 0 Å². The van der Waals surface area contributed by atoms with Gasteiger partial charge >= 0.3 is 0 Å². The summed E-state index contributed by atoms with van der Waals surface area (Å²) >= 11 is 0. The molecule has 1 heterocycles. The van der Waals surface area contributed by atoms with Gasteiger partial charge < -0.3 is 15.4 Å². The van der Waals surface area contributed by atoms with Crippen molar-refractivity contribution in [2.45, 2.75) is 12.3 Å². The first-order chi connectivity index (χ1) is 10.2. The number of phenolic OH excluding ortho intramolecular Hbond substituents is 1. The van der Waals surface area contributed by atoms with Crippen molar-refractivity contribution in [3.8, 4) is 17.2 Å². The topological polar surface area (TPSA) is 85.2 Å². The first kappa shape index (κ1) is 12.0. The lowest BCUT2D eigenvalue weighted by atomic mass is 9.77. The molecule has 0 spiro atoms. The average Bonchev–Trinajstić information content (AvgIpc) is 2.93. The molecule has 21 heavy (non-hydrogen) atoms. The van der Waals surface area contributed by atoms with Gasteiger partial charge in [-0.3, -0.25) is 0 Å². The number of hydrogen-bond acceptors (Lipinski definition) is 5. The van der Waals surface area contributed by atoms with Gasteiger partial charge in [0.05, 0.1) is 11.6 Å². The lowest BCUT2D eigenvalue weighted by Gasteiger charge is -2.27. The van der Waals surface area contributed by atoms with Crippen LogP contribution in [0, 0.1) is 0 Å². The van der Waals surface area contributed by atoms with Crippen molar-refractivity contribution in [2.75, 3.05) is 5.73 Å². The Labute approximate surface area is 121 Å². The largest absolute Gasteiger partial charge is 0.506 e. The van der Waals surface area contributed by atoms with E-state index in [0.717, 1.165) is 6.42 Å². The molecule has 1 unspecified atom stereocenters. The van der Waals surface area contributed by atoms with Gasteiger partial charge in [-0.2, -0.15) is 4.98 Å². The molecule has 5 nitrogen and oxygen atoms in total. The highest BCUT2D eigenvalue weighted by atomic mass is 16.5. The zero-order chi connectivity index (χ0) is 14.4. The van der Waals surface area contributed by atoms with E-state index in [4.69, 9.17) is 10.3 Å². The predicted octanol–water partition coefficient (Wildman–Crippen LogP) is 2.71. The number of nitrogens with zero attached hydrogens (tertiary/aromatic N) is 2. The van der Waals surface area contributed by atoms with E-state index >= 15 is 0 Å². The van der Waals surface area contributed by atoms with Gasteiger partial charge in [0.15, 0.2) is 5.82 Å². The second-order valence-corrected chi connectivity index (χ2v) is 5.19. The molecule has 1 aliphatic carbocycles. The van der Waals surface area contributed by atoms with E-state index < -0.39 is 0 Å². The molecule has 1 aromatic heterocycles. The summed E-state index contributed by atoms with van der Waals surface area (Å²) in [5.41, 5.74) is 9.16. The number of nitrogens with two attached hydrogens (primary N) is 1. The zero-order valence-electron chi connectivity index (χ0n) is 11.2. The van der Waals surface area contributed by atoms with Gasteiger partial charge in [-0.05, 0) is 35.7 Å². The molecule has 0 bridgehead atoms. The second kappa shape index (κ2) is 4.34. The van der Waals surface area contributed by atoms with Crippen LogP contribution in [0.25, 0.3) is 11.5 Å². The van der Waals surface area contributed by atoms with E-state index in [-0.39, 0.29) is 11.7 Å². The molecular weight excluding hydrogens is 266 g/mol. The van der Waals surface area contributed by atoms with Crippen LogP contribution in [0.3, 0.4) is 0 Å². The predicted molar refractivity (Wildman–Crippen MR) is 77.8 cm³/mol. The first-order valence-corrected chi connectivity index (χ1v) is 6.72. The monoisotopic (exact) mass is 279 g/mol. The molecule has 0 saturated heterocycles. The van der Waals surface area contributed by atoms with E-state index in [9.17, 15) is 5.11 Å². The minimum atomic E-state index is 0.0150. The zero-order valence-corrected chi connectivity index (χ0v) is 11.2. The number of rotatable bonds is 2. The lowest BCUT2D eigenvalue weighted by Crippen LogP contribution is -2.19. The summed E-state index contributed by atoms with van der Waals surface area (Å²) in [7, 11) is 0. The highest BCUT2D eigenvalue weighted by Crippen LogP contribution is 2.39. The summed E-state index contributed by atoms with van der Waals surface area (Å²) in [4.78, 5) is 4.44. The fourth-order valence-corrected chi connectivity index (χ4v) is 2.66. The standard InChI is InChI=1S/C16H13N3O2/c17-13-6-5-10(8-14(13)20)16-18-15(19-21-16)12-7-9-3-1-2-4-11(9)12/h1-6,8,12,20H,7,17H2. The molecule has 0 aliphatic heterocycles. The van der Waals surface area contributed by atoms with Gasteiger partial charge in [-0.1, -0.05) is 29.4 Å². The van der Waals surface area contributed by atoms with E-state index in [1.54, 1.807) is 12.1 Å². The van der Waals surface area contributed by atoms with Gasteiger partial charge in [0.1, 0.15) is 5.75 Å². The van der Waals surface area contributed by atoms with Gasteiger partial charge in [-0.15, -0.1) is 0 Å². The molecule has 3 aromatic rings. The Morgan fingerprint density at radius 1 is 1.19 bits per heavy atom. The third-order valence-corrected chi connectivity index (χ3v) is 3.89. The summed E-state index contributed by atoms with van der Waals surface area (Å²) in [6.07, 6.45) is 0.933. The highest BCUT2D eigenvalue weighted by molar-refractivity contribution is 5.64. The number of hydrogen-bond donors (Lipinski definition) is 2. The third kappa shape index (κ3) is 1.86. The fourth-order valence-electron chi connectivity index (χ4n) is 2.66. The van der Waals surface area contributed by atoms with E-state index in [0.29, 0.717) is 23.0 Å². The number of aromatic nitrogens is 2. The molecule has 104 valence electrons. The molecular formula is C16H13N3O2. The minimum Gasteiger partial charge on any atom is -0.506 e. The molecule has 4 rings (SSSR count). The maximum Gasteiger partial charge on any atom is 0.258 e. The van der Waals surface area contributed by atoms with E-state index in [1.807, 2.05) is 12.1 Å². The number of phenols is 1. The van der Waals surface area contributed by atoms with Crippen LogP contribution in [-0.4, -0.2) is 15.2 Å². The van der Waals surface area contributed by atoms with Crippen molar-refractivity contribution in [2.24, 2.45) is 0 Å². The maximum absolute atomic E-state index is 9.65. The SMILES string of the molecule is Nc1ccc(-c2nc(C3Cc4ccccc43)no2)cc1O. The van der Waals surface area contributed by atoms with Crippen molar-refractivity contribution in [3.63, 3.8) is 0 Å². The quantitative estimate of drug-likeness (QED) is 0.556. The summed E-state index contributed by atoms with van der Waals surface area (Å²) in [5, 5.41) is 13.7. The number of aromatic hydroxyl groups is 1. The summed E-state index contributed by atoms with van der Waals surface area (Å²) in [6.45, 7) is 0. The number of nitrogen functional groups attached to an aromatic ring is 1. The van der Waals surface area contributed by atoms with Gasteiger partial charge in [-0.25, -0.2) is 0 Å². The Kier molecular flexibility index (Phi) is 2.47. The second-order valence-electron chi connectivity index (χ2n) is 5.19. The summed E-state index contributed by atoms with van der Waals surface area (Å²) < 4.78 is 5.30. The molecule has 2 aromatic carbocycles.